The lowest BCUT2D eigenvalue weighted by atomic mass is 10.1. The van der Waals surface area contributed by atoms with Crippen LogP contribution in [-0.2, 0) is 6.54 Å². The van der Waals surface area contributed by atoms with Crippen molar-refractivity contribution in [1.82, 2.24) is 4.90 Å². The molecule has 0 aliphatic rings. The number of aliphatic hydroxyl groups is 1. The second kappa shape index (κ2) is 6.53. The molecule has 0 amide bonds. The van der Waals surface area contributed by atoms with Gasteiger partial charge in [0.25, 0.3) is 0 Å². The molecular formula is C12H16F3N3O. The second-order valence-corrected chi connectivity index (χ2v) is 4.16. The van der Waals surface area contributed by atoms with E-state index in [0.29, 0.717) is 11.1 Å². The molecule has 0 saturated carbocycles. The molecule has 106 valence electrons. The highest BCUT2D eigenvalue weighted by Crippen LogP contribution is 2.18. The molecule has 0 aliphatic carbocycles. The van der Waals surface area contributed by atoms with Gasteiger partial charge in [0, 0.05) is 18.7 Å². The predicted octanol–water partition coefficient (Wildman–Crippen LogP) is 1.33. The molecule has 1 aromatic carbocycles. The summed E-state index contributed by atoms with van der Waals surface area (Å²) in [5.41, 5.74) is 6.48. The van der Waals surface area contributed by atoms with Crippen molar-refractivity contribution in [3.8, 4) is 0 Å². The summed E-state index contributed by atoms with van der Waals surface area (Å²) >= 11 is 0. The largest absolute Gasteiger partial charge is 0.401 e. The maximum absolute atomic E-state index is 12.3. The fourth-order valence-electron chi connectivity index (χ4n) is 1.66. The highest BCUT2D eigenvalue weighted by molar-refractivity contribution is 5.94. The number of hydrogen-bond acceptors (Lipinski definition) is 3. The van der Waals surface area contributed by atoms with Crippen LogP contribution in [0.25, 0.3) is 0 Å². The van der Waals surface area contributed by atoms with Gasteiger partial charge in [-0.15, -0.1) is 0 Å². The summed E-state index contributed by atoms with van der Waals surface area (Å²) in [5, 5.41) is 16.0. The molecule has 1 aromatic rings. The first-order chi connectivity index (χ1) is 8.81. The van der Waals surface area contributed by atoms with E-state index in [2.05, 4.69) is 0 Å². The van der Waals surface area contributed by atoms with Gasteiger partial charge in [-0.25, -0.2) is 0 Å². The van der Waals surface area contributed by atoms with Crippen LogP contribution in [-0.4, -0.2) is 41.7 Å². The summed E-state index contributed by atoms with van der Waals surface area (Å²) in [6.07, 6.45) is -4.30. The number of nitrogen functional groups attached to an aromatic ring is 1. The fraction of sp³-hybridized carbons (Fsp3) is 0.417. The second-order valence-electron chi connectivity index (χ2n) is 4.16. The highest BCUT2D eigenvalue weighted by Gasteiger charge is 2.30. The Labute approximate surface area is 109 Å². The molecule has 4 nitrogen and oxygen atoms in total. The van der Waals surface area contributed by atoms with Crippen molar-refractivity contribution in [3.63, 3.8) is 0 Å². The quantitative estimate of drug-likeness (QED) is 0.541. The van der Waals surface area contributed by atoms with Crippen LogP contribution in [0.4, 0.5) is 13.2 Å². The first kappa shape index (κ1) is 15.5. The SMILES string of the molecule is N=C(N)c1ccc(CN(CCO)CC(F)(F)F)cc1. The van der Waals surface area contributed by atoms with Gasteiger partial charge >= 0.3 is 6.18 Å². The Morgan fingerprint density at radius 2 is 1.84 bits per heavy atom. The molecule has 19 heavy (non-hydrogen) atoms. The topological polar surface area (TPSA) is 73.3 Å². The number of hydrogen-bond donors (Lipinski definition) is 3. The molecule has 0 unspecified atom stereocenters. The smallest absolute Gasteiger partial charge is 0.395 e. The average Bonchev–Trinajstić information content (AvgIpc) is 2.27. The Hall–Kier alpha value is -1.60. The third-order valence-electron chi connectivity index (χ3n) is 2.49. The number of alkyl halides is 3. The molecule has 0 heterocycles. The van der Waals surface area contributed by atoms with Gasteiger partial charge in [-0.3, -0.25) is 10.3 Å². The van der Waals surface area contributed by atoms with Gasteiger partial charge < -0.3 is 10.8 Å². The van der Waals surface area contributed by atoms with Gasteiger partial charge in [0.1, 0.15) is 5.84 Å². The van der Waals surface area contributed by atoms with E-state index in [-0.39, 0.29) is 25.5 Å². The summed E-state index contributed by atoms with van der Waals surface area (Å²) in [4.78, 5) is 1.11. The van der Waals surface area contributed by atoms with Crippen molar-refractivity contribution in [2.75, 3.05) is 19.7 Å². The van der Waals surface area contributed by atoms with Gasteiger partial charge in [-0.05, 0) is 5.56 Å². The zero-order valence-corrected chi connectivity index (χ0v) is 10.2. The Morgan fingerprint density at radius 3 is 2.26 bits per heavy atom. The number of halogens is 3. The molecular weight excluding hydrogens is 259 g/mol. The Kier molecular flexibility index (Phi) is 5.31. The van der Waals surface area contributed by atoms with E-state index in [4.69, 9.17) is 16.2 Å². The van der Waals surface area contributed by atoms with E-state index in [1.807, 2.05) is 0 Å². The summed E-state index contributed by atoms with van der Waals surface area (Å²) in [6.45, 7) is -1.37. The van der Waals surface area contributed by atoms with Crippen molar-refractivity contribution in [1.29, 1.82) is 5.41 Å². The Bertz CT molecular complexity index is 417. The van der Waals surface area contributed by atoms with Crippen LogP contribution in [0.2, 0.25) is 0 Å². The van der Waals surface area contributed by atoms with E-state index in [1.165, 1.54) is 0 Å². The van der Waals surface area contributed by atoms with Crippen molar-refractivity contribution < 1.29 is 18.3 Å². The van der Waals surface area contributed by atoms with Gasteiger partial charge in [0.2, 0.25) is 0 Å². The van der Waals surface area contributed by atoms with Crippen LogP contribution in [0.3, 0.4) is 0 Å². The zero-order chi connectivity index (χ0) is 14.5. The number of amidine groups is 1. The minimum Gasteiger partial charge on any atom is -0.395 e. The van der Waals surface area contributed by atoms with Crippen molar-refractivity contribution in [2.24, 2.45) is 5.73 Å². The maximum Gasteiger partial charge on any atom is 0.401 e. The lowest BCUT2D eigenvalue weighted by Gasteiger charge is -2.22. The van der Waals surface area contributed by atoms with Crippen molar-refractivity contribution >= 4 is 5.84 Å². The van der Waals surface area contributed by atoms with Crippen molar-refractivity contribution in [2.45, 2.75) is 12.7 Å². The van der Waals surface area contributed by atoms with Crippen LogP contribution in [0, 0.1) is 5.41 Å². The molecule has 0 bridgehead atoms. The average molecular weight is 275 g/mol. The van der Waals surface area contributed by atoms with Gasteiger partial charge in [0.15, 0.2) is 0 Å². The molecule has 0 spiro atoms. The zero-order valence-electron chi connectivity index (χ0n) is 10.2. The molecule has 1 rings (SSSR count). The standard InChI is InChI=1S/C12H16F3N3O/c13-12(14,15)8-18(5-6-19)7-9-1-3-10(4-2-9)11(16)17/h1-4,19H,5-8H2,(H3,16,17). The number of benzene rings is 1. The molecule has 0 fully saturated rings. The number of aliphatic hydroxyl groups excluding tert-OH is 1. The molecule has 0 atom stereocenters. The molecule has 0 aromatic heterocycles. The van der Waals surface area contributed by atoms with Gasteiger partial charge in [-0.2, -0.15) is 13.2 Å². The number of rotatable bonds is 6. The minimum atomic E-state index is -4.30. The summed E-state index contributed by atoms with van der Waals surface area (Å²) in [7, 11) is 0. The van der Waals surface area contributed by atoms with Crippen LogP contribution in [0.15, 0.2) is 24.3 Å². The highest BCUT2D eigenvalue weighted by atomic mass is 19.4. The third kappa shape index (κ3) is 5.71. The molecule has 7 heteroatoms. The van der Waals surface area contributed by atoms with Crippen LogP contribution in [0.5, 0.6) is 0 Å². The predicted molar refractivity (Wildman–Crippen MR) is 65.9 cm³/mol. The minimum absolute atomic E-state index is 0.0476. The van der Waals surface area contributed by atoms with Crippen molar-refractivity contribution in [3.05, 3.63) is 35.4 Å². The summed E-state index contributed by atoms with van der Waals surface area (Å²) < 4.78 is 37.0. The number of nitrogens with one attached hydrogen (secondary N) is 1. The number of nitrogens with zero attached hydrogens (tertiary/aromatic N) is 1. The monoisotopic (exact) mass is 275 g/mol. The van der Waals surface area contributed by atoms with E-state index in [9.17, 15) is 13.2 Å². The molecule has 0 saturated heterocycles. The lowest BCUT2D eigenvalue weighted by Crippen LogP contribution is -2.35. The lowest BCUT2D eigenvalue weighted by molar-refractivity contribution is -0.147. The van der Waals surface area contributed by atoms with E-state index < -0.39 is 12.7 Å². The van der Waals surface area contributed by atoms with Gasteiger partial charge in [0.05, 0.1) is 13.2 Å². The molecule has 0 aliphatic heterocycles. The van der Waals surface area contributed by atoms with Crippen LogP contribution >= 0.6 is 0 Å². The molecule has 4 N–H and O–H groups in total. The van der Waals surface area contributed by atoms with Crippen LogP contribution < -0.4 is 5.73 Å². The van der Waals surface area contributed by atoms with E-state index in [0.717, 1.165) is 4.90 Å². The normalized spacial score (nSPS) is 11.8. The Morgan fingerprint density at radius 1 is 1.26 bits per heavy atom. The Balaban J connectivity index is 2.70. The molecule has 0 radical (unpaired) electrons. The summed E-state index contributed by atoms with van der Waals surface area (Å²) in [5.74, 6) is -0.0888. The van der Waals surface area contributed by atoms with E-state index >= 15 is 0 Å². The maximum atomic E-state index is 12.3. The van der Waals surface area contributed by atoms with Crippen LogP contribution in [0.1, 0.15) is 11.1 Å². The fourth-order valence-corrected chi connectivity index (χ4v) is 1.66. The first-order valence-corrected chi connectivity index (χ1v) is 5.65. The van der Waals surface area contributed by atoms with E-state index in [1.54, 1.807) is 24.3 Å². The number of nitrogens with two attached hydrogens (primary N) is 1. The van der Waals surface area contributed by atoms with Gasteiger partial charge in [-0.1, -0.05) is 24.3 Å². The third-order valence-corrected chi connectivity index (χ3v) is 2.49. The first-order valence-electron chi connectivity index (χ1n) is 5.65. The summed E-state index contributed by atoms with van der Waals surface area (Å²) in [6, 6.07) is 6.42.